The molecule has 4 heteroatoms. The predicted molar refractivity (Wildman–Crippen MR) is 66.7 cm³/mol. The first-order valence-corrected chi connectivity index (χ1v) is 5.59. The molecule has 0 aliphatic heterocycles. The highest BCUT2D eigenvalue weighted by Gasteiger charge is 2.15. The summed E-state index contributed by atoms with van der Waals surface area (Å²) in [5.41, 5.74) is 0.493. The molecule has 1 amide bonds. The zero-order valence-corrected chi connectivity index (χ0v) is 10.7. The van der Waals surface area contributed by atoms with Crippen molar-refractivity contribution >= 4 is 5.91 Å². The number of hydrogen-bond donors (Lipinski definition) is 1. The van der Waals surface area contributed by atoms with Crippen LogP contribution in [-0.4, -0.2) is 26.7 Å². The number of nitrogens with one attached hydrogen (secondary N) is 1. The van der Waals surface area contributed by atoms with Crippen LogP contribution in [0.4, 0.5) is 0 Å². The fraction of sp³-hybridized carbons (Fsp3) is 0.462. The molecule has 0 aliphatic rings. The third-order valence-corrected chi connectivity index (χ3v) is 2.32. The third kappa shape index (κ3) is 3.37. The minimum atomic E-state index is -0.144. The van der Waals surface area contributed by atoms with E-state index in [1.807, 2.05) is 13.8 Å². The molecule has 4 nitrogen and oxygen atoms in total. The lowest BCUT2D eigenvalue weighted by Gasteiger charge is -2.13. The van der Waals surface area contributed by atoms with Crippen molar-refractivity contribution in [3.63, 3.8) is 0 Å². The molecule has 0 unspecified atom stereocenters. The number of amides is 1. The normalized spacial score (nSPS) is 10.2. The second-order valence-electron chi connectivity index (χ2n) is 4.14. The summed E-state index contributed by atoms with van der Waals surface area (Å²) in [7, 11) is 3.07. The molecule has 94 valence electrons. The molecule has 0 aromatic heterocycles. The van der Waals surface area contributed by atoms with Gasteiger partial charge in [0.15, 0.2) is 11.5 Å². The van der Waals surface area contributed by atoms with E-state index in [1.54, 1.807) is 25.3 Å². The Morgan fingerprint density at radius 3 is 2.53 bits per heavy atom. The van der Waals surface area contributed by atoms with Crippen LogP contribution in [0.3, 0.4) is 0 Å². The third-order valence-electron chi connectivity index (χ3n) is 2.32. The lowest BCUT2D eigenvalue weighted by atomic mass is 10.1. The maximum atomic E-state index is 12.0. The first-order chi connectivity index (χ1) is 8.10. The van der Waals surface area contributed by atoms with Crippen LogP contribution in [0.1, 0.15) is 24.2 Å². The molecule has 0 saturated carbocycles. The van der Waals surface area contributed by atoms with Crippen molar-refractivity contribution < 1.29 is 14.3 Å². The van der Waals surface area contributed by atoms with Gasteiger partial charge in [-0.2, -0.15) is 0 Å². The molecular formula is C13H19NO3. The molecule has 0 aliphatic carbocycles. The van der Waals surface area contributed by atoms with Gasteiger partial charge in [0.25, 0.3) is 5.91 Å². The number of carbonyl (C=O) groups is 1. The smallest absolute Gasteiger partial charge is 0.255 e. The number of benzene rings is 1. The maximum Gasteiger partial charge on any atom is 0.255 e. The fourth-order valence-corrected chi connectivity index (χ4v) is 1.46. The summed E-state index contributed by atoms with van der Waals surface area (Å²) in [6.07, 6.45) is 0. The van der Waals surface area contributed by atoms with Gasteiger partial charge in [-0.1, -0.05) is 19.9 Å². The van der Waals surface area contributed by atoms with Crippen molar-refractivity contribution in [2.45, 2.75) is 13.8 Å². The van der Waals surface area contributed by atoms with Crippen LogP contribution in [-0.2, 0) is 0 Å². The van der Waals surface area contributed by atoms with Crippen LogP contribution in [0.15, 0.2) is 18.2 Å². The van der Waals surface area contributed by atoms with Crippen LogP contribution in [0, 0.1) is 5.92 Å². The van der Waals surface area contributed by atoms with Gasteiger partial charge in [0, 0.05) is 6.54 Å². The van der Waals surface area contributed by atoms with E-state index < -0.39 is 0 Å². The average Bonchev–Trinajstić information content (AvgIpc) is 2.34. The van der Waals surface area contributed by atoms with Crippen molar-refractivity contribution in [1.82, 2.24) is 5.32 Å². The Balaban J connectivity index is 2.92. The van der Waals surface area contributed by atoms with E-state index in [9.17, 15) is 4.79 Å². The van der Waals surface area contributed by atoms with E-state index in [0.717, 1.165) is 0 Å². The van der Waals surface area contributed by atoms with Crippen molar-refractivity contribution in [2.24, 2.45) is 5.92 Å². The molecule has 1 N–H and O–H groups in total. The van der Waals surface area contributed by atoms with Crippen molar-refractivity contribution in [3.8, 4) is 11.5 Å². The van der Waals surface area contributed by atoms with E-state index >= 15 is 0 Å². The van der Waals surface area contributed by atoms with Gasteiger partial charge in [-0.15, -0.1) is 0 Å². The van der Waals surface area contributed by atoms with Crippen LogP contribution < -0.4 is 14.8 Å². The first kappa shape index (κ1) is 13.4. The van der Waals surface area contributed by atoms with Crippen molar-refractivity contribution in [3.05, 3.63) is 23.8 Å². The van der Waals surface area contributed by atoms with E-state index in [0.29, 0.717) is 29.5 Å². The maximum absolute atomic E-state index is 12.0. The molecule has 0 radical (unpaired) electrons. The van der Waals surface area contributed by atoms with Gasteiger partial charge in [0.1, 0.15) is 0 Å². The molecule has 0 fully saturated rings. The van der Waals surface area contributed by atoms with Gasteiger partial charge in [0.2, 0.25) is 0 Å². The summed E-state index contributed by atoms with van der Waals surface area (Å²) < 4.78 is 10.4. The SMILES string of the molecule is COc1cccc(C(=O)NCC(C)C)c1OC. The summed E-state index contributed by atoms with van der Waals surface area (Å²) >= 11 is 0. The molecule has 1 aromatic carbocycles. The van der Waals surface area contributed by atoms with Gasteiger partial charge in [-0.25, -0.2) is 0 Å². The van der Waals surface area contributed by atoms with E-state index in [4.69, 9.17) is 9.47 Å². The second-order valence-corrected chi connectivity index (χ2v) is 4.14. The summed E-state index contributed by atoms with van der Waals surface area (Å²) in [6, 6.07) is 5.25. The summed E-state index contributed by atoms with van der Waals surface area (Å²) in [5, 5.41) is 2.85. The quantitative estimate of drug-likeness (QED) is 0.853. The number of para-hydroxylation sites is 1. The first-order valence-electron chi connectivity index (χ1n) is 5.59. The molecule has 0 heterocycles. The number of methoxy groups -OCH3 is 2. The average molecular weight is 237 g/mol. The molecule has 0 spiro atoms. The molecule has 0 bridgehead atoms. The number of ether oxygens (including phenoxy) is 2. The number of rotatable bonds is 5. The second kappa shape index (κ2) is 6.13. The standard InChI is InChI=1S/C13H19NO3/c1-9(2)8-14-13(15)10-6-5-7-11(16-3)12(10)17-4/h5-7,9H,8H2,1-4H3,(H,14,15). The molecule has 0 atom stereocenters. The fourth-order valence-electron chi connectivity index (χ4n) is 1.46. The van der Waals surface area contributed by atoms with Crippen LogP contribution >= 0.6 is 0 Å². The van der Waals surface area contributed by atoms with Gasteiger partial charge < -0.3 is 14.8 Å². The van der Waals surface area contributed by atoms with Gasteiger partial charge in [-0.05, 0) is 18.1 Å². The highest BCUT2D eigenvalue weighted by Crippen LogP contribution is 2.30. The van der Waals surface area contributed by atoms with Crippen LogP contribution in [0.5, 0.6) is 11.5 Å². The minimum Gasteiger partial charge on any atom is -0.493 e. The Labute approximate surface area is 102 Å². The van der Waals surface area contributed by atoms with E-state index in [-0.39, 0.29) is 5.91 Å². The Hall–Kier alpha value is -1.71. The molecular weight excluding hydrogens is 218 g/mol. The Morgan fingerprint density at radius 1 is 1.29 bits per heavy atom. The van der Waals surface area contributed by atoms with Crippen LogP contribution in [0.25, 0.3) is 0 Å². The minimum absolute atomic E-state index is 0.144. The van der Waals surface area contributed by atoms with Crippen molar-refractivity contribution in [2.75, 3.05) is 20.8 Å². The topological polar surface area (TPSA) is 47.6 Å². The summed E-state index contributed by atoms with van der Waals surface area (Å²) in [6.45, 7) is 4.73. The monoisotopic (exact) mass is 237 g/mol. The van der Waals surface area contributed by atoms with Gasteiger partial charge in [0.05, 0.1) is 19.8 Å². The Bertz CT molecular complexity index is 388. The molecule has 0 saturated heterocycles. The zero-order chi connectivity index (χ0) is 12.8. The Kier molecular flexibility index (Phi) is 4.82. The van der Waals surface area contributed by atoms with Gasteiger partial charge in [-0.3, -0.25) is 4.79 Å². The zero-order valence-electron chi connectivity index (χ0n) is 10.7. The highest BCUT2D eigenvalue weighted by atomic mass is 16.5. The molecule has 17 heavy (non-hydrogen) atoms. The number of carbonyl (C=O) groups excluding carboxylic acids is 1. The van der Waals surface area contributed by atoms with Crippen molar-refractivity contribution in [1.29, 1.82) is 0 Å². The summed E-state index contributed by atoms with van der Waals surface area (Å²) in [4.78, 5) is 12.0. The van der Waals surface area contributed by atoms with E-state index in [1.165, 1.54) is 7.11 Å². The van der Waals surface area contributed by atoms with E-state index in [2.05, 4.69) is 5.32 Å². The largest absolute Gasteiger partial charge is 0.493 e. The Morgan fingerprint density at radius 2 is 2.00 bits per heavy atom. The molecule has 1 aromatic rings. The van der Waals surface area contributed by atoms with Gasteiger partial charge >= 0.3 is 0 Å². The predicted octanol–water partition coefficient (Wildman–Crippen LogP) is 2.09. The number of hydrogen-bond acceptors (Lipinski definition) is 3. The van der Waals surface area contributed by atoms with Crippen LogP contribution in [0.2, 0.25) is 0 Å². The lowest BCUT2D eigenvalue weighted by Crippen LogP contribution is -2.27. The highest BCUT2D eigenvalue weighted by molar-refractivity contribution is 5.97. The molecule has 1 rings (SSSR count). The lowest BCUT2D eigenvalue weighted by molar-refractivity contribution is 0.0945. The summed E-state index contributed by atoms with van der Waals surface area (Å²) in [5.74, 6) is 1.30.